The first-order valence-corrected chi connectivity index (χ1v) is 8.56. The molecule has 0 saturated heterocycles. The van der Waals surface area contributed by atoms with E-state index in [1.807, 2.05) is 0 Å². The first-order valence-electron chi connectivity index (χ1n) is 8.56. The highest BCUT2D eigenvalue weighted by atomic mass is 16.6. The molecule has 1 aromatic carbocycles. The largest absolute Gasteiger partial charge is 0.464 e. The van der Waals surface area contributed by atoms with Gasteiger partial charge in [-0.3, -0.25) is 9.59 Å². The maximum absolute atomic E-state index is 12.6. The second-order valence-electron chi connectivity index (χ2n) is 5.68. The molecule has 26 heavy (non-hydrogen) atoms. The van der Waals surface area contributed by atoms with Crippen molar-refractivity contribution in [3.63, 3.8) is 0 Å². The summed E-state index contributed by atoms with van der Waals surface area (Å²) in [6.45, 7) is 6.27. The summed E-state index contributed by atoms with van der Waals surface area (Å²) in [5, 5.41) is 2.40. The van der Waals surface area contributed by atoms with Crippen molar-refractivity contribution in [1.29, 1.82) is 0 Å². The zero-order valence-corrected chi connectivity index (χ0v) is 15.6. The summed E-state index contributed by atoms with van der Waals surface area (Å²) in [6.07, 6.45) is 0.228. The number of rotatable bonds is 9. The molecule has 0 spiro atoms. The van der Waals surface area contributed by atoms with Gasteiger partial charge in [0.2, 0.25) is 11.4 Å². The Labute approximate surface area is 153 Å². The molecule has 7 heteroatoms. The third-order valence-corrected chi connectivity index (χ3v) is 3.70. The Bertz CT molecular complexity index is 647. The molecule has 0 aliphatic rings. The standard InChI is InChI=1S/C19H25NO6/c1-5-16(22)15-10-8-14(9-11-15)12-19(20-13(4)21,17(23)25-6-2)18(24)26-7-3/h8-11H,5-7,12H2,1-4H3,(H,20,21). The first kappa shape index (κ1) is 21.3. The van der Waals surface area contributed by atoms with Gasteiger partial charge >= 0.3 is 11.9 Å². The summed E-state index contributed by atoms with van der Waals surface area (Å²) in [4.78, 5) is 48.5. The molecule has 7 nitrogen and oxygen atoms in total. The van der Waals surface area contributed by atoms with Crippen LogP contribution in [0.25, 0.3) is 0 Å². The molecular formula is C19H25NO6. The lowest BCUT2D eigenvalue weighted by Crippen LogP contribution is -2.62. The molecule has 1 aromatic rings. The fraction of sp³-hybridized carbons (Fsp3) is 0.474. The van der Waals surface area contributed by atoms with E-state index in [0.29, 0.717) is 17.5 Å². The number of carbonyl (C=O) groups excluding carboxylic acids is 4. The van der Waals surface area contributed by atoms with Crippen molar-refractivity contribution in [2.75, 3.05) is 13.2 Å². The van der Waals surface area contributed by atoms with E-state index >= 15 is 0 Å². The fourth-order valence-corrected chi connectivity index (χ4v) is 2.50. The van der Waals surface area contributed by atoms with Crippen LogP contribution < -0.4 is 5.32 Å². The van der Waals surface area contributed by atoms with Gasteiger partial charge in [0, 0.05) is 25.3 Å². The number of ketones is 1. The number of hydrogen-bond acceptors (Lipinski definition) is 6. The molecule has 0 fully saturated rings. The quantitative estimate of drug-likeness (QED) is 0.408. The number of amides is 1. The number of benzene rings is 1. The highest BCUT2D eigenvalue weighted by Crippen LogP contribution is 2.20. The van der Waals surface area contributed by atoms with Gasteiger partial charge in [-0.2, -0.15) is 0 Å². The van der Waals surface area contributed by atoms with E-state index < -0.39 is 23.4 Å². The minimum absolute atomic E-state index is 0.0135. The smallest absolute Gasteiger partial charge is 0.344 e. The molecule has 1 rings (SSSR count). The zero-order valence-electron chi connectivity index (χ0n) is 15.6. The molecular weight excluding hydrogens is 338 g/mol. The molecule has 0 bridgehead atoms. The predicted octanol–water partition coefficient (Wildman–Crippen LogP) is 1.82. The summed E-state index contributed by atoms with van der Waals surface area (Å²) in [5.74, 6) is -2.35. The number of hydrogen-bond donors (Lipinski definition) is 1. The number of Topliss-reactive ketones (excluding diaryl/α,β-unsaturated/α-hetero) is 1. The van der Waals surface area contributed by atoms with E-state index in [2.05, 4.69) is 5.32 Å². The van der Waals surface area contributed by atoms with E-state index in [-0.39, 0.29) is 25.4 Å². The van der Waals surface area contributed by atoms with Gasteiger partial charge in [-0.05, 0) is 19.4 Å². The third-order valence-electron chi connectivity index (χ3n) is 3.70. The van der Waals surface area contributed by atoms with Crippen molar-refractivity contribution in [3.05, 3.63) is 35.4 Å². The van der Waals surface area contributed by atoms with Crippen LogP contribution in [0.2, 0.25) is 0 Å². The molecule has 0 atom stereocenters. The average Bonchev–Trinajstić information content (AvgIpc) is 2.61. The Kier molecular flexibility index (Phi) is 7.96. The van der Waals surface area contributed by atoms with E-state index in [9.17, 15) is 19.2 Å². The Morgan fingerprint density at radius 3 is 1.81 bits per heavy atom. The molecule has 142 valence electrons. The van der Waals surface area contributed by atoms with Crippen LogP contribution in [0.3, 0.4) is 0 Å². The molecule has 1 N–H and O–H groups in total. The number of carbonyl (C=O) groups is 4. The van der Waals surface area contributed by atoms with Gasteiger partial charge in [0.15, 0.2) is 5.78 Å². The van der Waals surface area contributed by atoms with E-state index in [4.69, 9.17) is 9.47 Å². The molecule has 1 amide bonds. The van der Waals surface area contributed by atoms with Crippen LogP contribution >= 0.6 is 0 Å². The van der Waals surface area contributed by atoms with Gasteiger partial charge in [0.1, 0.15) is 0 Å². The Morgan fingerprint density at radius 2 is 1.42 bits per heavy atom. The van der Waals surface area contributed by atoms with Crippen molar-refractivity contribution < 1.29 is 28.7 Å². The van der Waals surface area contributed by atoms with Gasteiger partial charge in [-0.15, -0.1) is 0 Å². The highest BCUT2D eigenvalue weighted by Gasteiger charge is 2.50. The lowest BCUT2D eigenvalue weighted by molar-refractivity contribution is -0.168. The third kappa shape index (κ3) is 5.15. The number of nitrogens with one attached hydrogen (secondary N) is 1. The lowest BCUT2D eigenvalue weighted by Gasteiger charge is -2.29. The maximum atomic E-state index is 12.6. The molecule has 0 radical (unpaired) electrons. The van der Waals surface area contributed by atoms with E-state index in [1.54, 1.807) is 45.0 Å². The summed E-state index contributed by atoms with van der Waals surface area (Å²) in [6, 6.07) is 6.52. The summed E-state index contributed by atoms with van der Waals surface area (Å²) >= 11 is 0. The van der Waals surface area contributed by atoms with Crippen molar-refractivity contribution >= 4 is 23.6 Å². The van der Waals surface area contributed by atoms with Crippen LogP contribution in [0.5, 0.6) is 0 Å². The predicted molar refractivity (Wildman–Crippen MR) is 94.6 cm³/mol. The second-order valence-corrected chi connectivity index (χ2v) is 5.68. The normalized spacial score (nSPS) is 10.8. The number of esters is 2. The van der Waals surface area contributed by atoms with Gasteiger partial charge in [-0.1, -0.05) is 31.2 Å². The Hall–Kier alpha value is -2.70. The van der Waals surface area contributed by atoms with Crippen molar-refractivity contribution in [2.45, 2.75) is 46.1 Å². The molecule has 0 aliphatic heterocycles. The molecule has 0 aliphatic carbocycles. The van der Waals surface area contributed by atoms with Crippen LogP contribution in [-0.4, -0.2) is 42.4 Å². The topological polar surface area (TPSA) is 98.8 Å². The summed E-state index contributed by atoms with van der Waals surface area (Å²) < 4.78 is 10.0. The maximum Gasteiger partial charge on any atom is 0.344 e. The van der Waals surface area contributed by atoms with E-state index in [0.717, 1.165) is 0 Å². The van der Waals surface area contributed by atoms with Crippen LogP contribution in [-0.2, 0) is 30.3 Å². The van der Waals surface area contributed by atoms with Crippen molar-refractivity contribution in [3.8, 4) is 0 Å². The van der Waals surface area contributed by atoms with Gasteiger partial charge < -0.3 is 14.8 Å². The SMILES string of the molecule is CCOC(=O)C(Cc1ccc(C(=O)CC)cc1)(NC(C)=O)C(=O)OCC. The minimum atomic E-state index is -1.98. The molecule has 0 unspecified atom stereocenters. The second kappa shape index (κ2) is 9.70. The average molecular weight is 363 g/mol. The van der Waals surface area contributed by atoms with Crippen LogP contribution in [0.15, 0.2) is 24.3 Å². The van der Waals surface area contributed by atoms with E-state index in [1.165, 1.54) is 6.92 Å². The Balaban J connectivity index is 3.28. The molecule has 0 heterocycles. The highest BCUT2D eigenvalue weighted by molar-refractivity contribution is 6.08. The van der Waals surface area contributed by atoms with Gasteiger partial charge in [-0.25, -0.2) is 9.59 Å². The van der Waals surface area contributed by atoms with Gasteiger partial charge in [0.05, 0.1) is 13.2 Å². The van der Waals surface area contributed by atoms with Crippen LogP contribution in [0.4, 0.5) is 0 Å². The summed E-state index contributed by atoms with van der Waals surface area (Å²) in [5.41, 5.74) is -0.866. The van der Waals surface area contributed by atoms with Crippen LogP contribution in [0, 0.1) is 0 Å². The first-order chi connectivity index (χ1) is 12.3. The summed E-state index contributed by atoms with van der Waals surface area (Å²) in [7, 11) is 0. The fourth-order valence-electron chi connectivity index (χ4n) is 2.50. The number of ether oxygens (including phenoxy) is 2. The molecule has 0 aromatic heterocycles. The van der Waals surface area contributed by atoms with Crippen LogP contribution in [0.1, 0.15) is 50.0 Å². The molecule has 0 saturated carbocycles. The van der Waals surface area contributed by atoms with Gasteiger partial charge in [0.25, 0.3) is 0 Å². The van der Waals surface area contributed by atoms with Crippen molar-refractivity contribution in [1.82, 2.24) is 5.32 Å². The minimum Gasteiger partial charge on any atom is -0.464 e. The lowest BCUT2D eigenvalue weighted by atomic mass is 9.89. The van der Waals surface area contributed by atoms with Crippen molar-refractivity contribution in [2.24, 2.45) is 0 Å². The monoisotopic (exact) mass is 363 g/mol. The Morgan fingerprint density at radius 1 is 0.923 bits per heavy atom. The zero-order chi connectivity index (χ0) is 19.7.